The average Bonchev–Trinajstić information content (AvgIpc) is 3.47. The van der Waals surface area contributed by atoms with Gasteiger partial charge in [-0.1, -0.05) is 10.4 Å². The highest BCUT2D eigenvalue weighted by molar-refractivity contribution is 5.20. The summed E-state index contributed by atoms with van der Waals surface area (Å²) in [5.74, 6) is 1.72. The van der Waals surface area contributed by atoms with Crippen LogP contribution in [0.25, 0.3) is 0 Å². The SMILES string of the molecule is COC1(c2noc(C3CCc4nnn(C5CCN(C)CC5)c4C3)n2)CCCC1. The minimum Gasteiger partial charge on any atom is -0.370 e. The van der Waals surface area contributed by atoms with Gasteiger partial charge in [0.2, 0.25) is 11.7 Å². The molecule has 2 aromatic rings. The van der Waals surface area contributed by atoms with Crippen LogP contribution in [0.2, 0.25) is 0 Å². The molecule has 8 nitrogen and oxygen atoms in total. The number of piperidine rings is 1. The topological polar surface area (TPSA) is 82.1 Å². The predicted octanol–water partition coefficient (Wildman–Crippen LogP) is 2.62. The monoisotopic (exact) mass is 386 g/mol. The minimum atomic E-state index is -0.348. The minimum absolute atomic E-state index is 0.243. The highest BCUT2D eigenvalue weighted by atomic mass is 16.5. The summed E-state index contributed by atoms with van der Waals surface area (Å²) in [6.45, 7) is 2.24. The van der Waals surface area contributed by atoms with Crippen LogP contribution >= 0.6 is 0 Å². The van der Waals surface area contributed by atoms with Crippen molar-refractivity contribution in [3.05, 3.63) is 23.1 Å². The molecular formula is C20H30N6O2. The van der Waals surface area contributed by atoms with Crippen LogP contribution < -0.4 is 0 Å². The lowest BCUT2D eigenvalue weighted by Gasteiger charge is -2.30. The average molecular weight is 387 g/mol. The van der Waals surface area contributed by atoms with Gasteiger partial charge < -0.3 is 14.2 Å². The number of hydrogen-bond donors (Lipinski definition) is 0. The fourth-order valence-electron chi connectivity index (χ4n) is 5.19. The van der Waals surface area contributed by atoms with Gasteiger partial charge in [0.15, 0.2) is 0 Å². The molecular weight excluding hydrogens is 356 g/mol. The molecule has 0 aromatic carbocycles. The lowest BCUT2D eigenvalue weighted by molar-refractivity contribution is -0.0178. The van der Waals surface area contributed by atoms with Crippen LogP contribution in [-0.2, 0) is 23.2 Å². The van der Waals surface area contributed by atoms with Crippen LogP contribution in [0, 0.1) is 0 Å². The molecule has 28 heavy (non-hydrogen) atoms. The van der Waals surface area contributed by atoms with Crippen molar-refractivity contribution in [1.82, 2.24) is 30.0 Å². The van der Waals surface area contributed by atoms with Crippen LogP contribution in [0.4, 0.5) is 0 Å². The van der Waals surface area contributed by atoms with Crippen LogP contribution in [0.15, 0.2) is 4.52 Å². The Kier molecular flexibility index (Phi) is 4.71. The maximum Gasteiger partial charge on any atom is 0.230 e. The summed E-state index contributed by atoms with van der Waals surface area (Å²) in [5, 5.41) is 13.3. The summed E-state index contributed by atoms with van der Waals surface area (Å²) < 4.78 is 13.8. The summed E-state index contributed by atoms with van der Waals surface area (Å²) in [4.78, 5) is 7.20. The Hall–Kier alpha value is -1.80. The van der Waals surface area contributed by atoms with Crippen molar-refractivity contribution in [2.24, 2.45) is 0 Å². The molecule has 0 radical (unpaired) electrons. The van der Waals surface area contributed by atoms with E-state index in [2.05, 4.69) is 32.1 Å². The number of fused-ring (bicyclic) bond motifs is 1. The molecule has 0 N–H and O–H groups in total. The second-order valence-electron chi connectivity index (χ2n) is 8.76. The number of hydrogen-bond acceptors (Lipinski definition) is 7. The Bertz CT molecular complexity index is 817. The summed E-state index contributed by atoms with van der Waals surface area (Å²) in [7, 11) is 3.95. The quantitative estimate of drug-likeness (QED) is 0.799. The Morgan fingerprint density at radius 1 is 1.14 bits per heavy atom. The predicted molar refractivity (Wildman–Crippen MR) is 102 cm³/mol. The summed E-state index contributed by atoms with van der Waals surface area (Å²) >= 11 is 0. The third kappa shape index (κ3) is 3.06. The number of likely N-dealkylation sites (tertiary alicyclic amines) is 1. The van der Waals surface area contributed by atoms with E-state index in [0.717, 1.165) is 88.3 Å². The van der Waals surface area contributed by atoms with Crippen LogP contribution in [-0.4, -0.2) is 57.3 Å². The molecule has 1 aliphatic heterocycles. The van der Waals surface area contributed by atoms with E-state index in [-0.39, 0.29) is 11.5 Å². The largest absolute Gasteiger partial charge is 0.370 e. The van der Waals surface area contributed by atoms with Crippen molar-refractivity contribution >= 4 is 0 Å². The first-order valence-electron chi connectivity index (χ1n) is 10.7. The Balaban J connectivity index is 1.36. The van der Waals surface area contributed by atoms with E-state index >= 15 is 0 Å². The number of rotatable bonds is 4. The van der Waals surface area contributed by atoms with Crippen molar-refractivity contribution in [3.63, 3.8) is 0 Å². The molecule has 0 spiro atoms. The first kappa shape index (κ1) is 18.2. The molecule has 1 unspecified atom stereocenters. The lowest BCUT2D eigenvalue weighted by Crippen LogP contribution is -2.33. The number of aryl methyl sites for hydroxylation is 1. The molecule has 2 aromatic heterocycles. The third-order valence-corrected chi connectivity index (χ3v) is 7.08. The van der Waals surface area contributed by atoms with E-state index in [1.807, 2.05) is 0 Å². The smallest absolute Gasteiger partial charge is 0.230 e. The van der Waals surface area contributed by atoms with Crippen LogP contribution in [0.5, 0.6) is 0 Å². The van der Waals surface area contributed by atoms with Crippen molar-refractivity contribution in [3.8, 4) is 0 Å². The van der Waals surface area contributed by atoms with E-state index in [1.54, 1.807) is 7.11 Å². The molecule has 2 aliphatic carbocycles. The van der Waals surface area contributed by atoms with Gasteiger partial charge in [0.1, 0.15) is 5.60 Å². The zero-order valence-electron chi connectivity index (χ0n) is 16.9. The zero-order valence-corrected chi connectivity index (χ0v) is 16.9. The van der Waals surface area contributed by atoms with Gasteiger partial charge in [-0.2, -0.15) is 4.98 Å². The molecule has 152 valence electrons. The van der Waals surface area contributed by atoms with Gasteiger partial charge in [-0.15, -0.1) is 5.10 Å². The molecule has 5 rings (SSSR count). The molecule has 2 fully saturated rings. The first-order chi connectivity index (χ1) is 13.7. The fourth-order valence-corrected chi connectivity index (χ4v) is 5.19. The van der Waals surface area contributed by atoms with Gasteiger partial charge in [0, 0.05) is 19.4 Å². The van der Waals surface area contributed by atoms with Gasteiger partial charge in [-0.05, 0) is 71.5 Å². The van der Waals surface area contributed by atoms with Gasteiger partial charge >= 0.3 is 0 Å². The number of aromatic nitrogens is 5. The van der Waals surface area contributed by atoms with E-state index < -0.39 is 0 Å². The van der Waals surface area contributed by atoms with Gasteiger partial charge in [-0.25, -0.2) is 4.68 Å². The van der Waals surface area contributed by atoms with E-state index in [1.165, 1.54) is 5.69 Å². The van der Waals surface area contributed by atoms with Crippen molar-refractivity contribution in [2.75, 3.05) is 27.2 Å². The van der Waals surface area contributed by atoms with Gasteiger partial charge in [0.25, 0.3) is 0 Å². The number of ether oxygens (including phenoxy) is 1. The molecule has 1 saturated carbocycles. The zero-order chi connectivity index (χ0) is 19.1. The highest BCUT2D eigenvalue weighted by Gasteiger charge is 2.41. The second-order valence-corrected chi connectivity index (χ2v) is 8.76. The Morgan fingerprint density at radius 3 is 2.68 bits per heavy atom. The molecule has 1 atom stereocenters. The molecule has 3 heterocycles. The van der Waals surface area contributed by atoms with Gasteiger partial charge in [0.05, 0.1) is 17.4 Å². The molecule has 0 amide bonds. The van der Waals surface area contributed by atoms with Crippen molar-refractivity contribution < 1.29 is 9.26 Å². The standard InChI is InChI=1S/C20H30N6O2/c1-25-11-7-15(8-12-25)26-17-13-14(5-6-16(17)22-24-26)18-21-19(23-28-18)20(27-2)9-3-4-10-20/h14-15H,3-13H2,1-2H3. The Morgan fingerprint density at radius 2 is 1.93 bits per heavy atom. The van der Waals surface area contributed by atoms with Crippen LogP contribution in [0.3, 0.4) is 0 Å². The van der Waals surface area contributed by atoms with Crippen LogP contribution in [0.1, 0.15) is 80.0 Å². The lowest BCUT2D eigenvalue weighted by atomic mass is 9.89. The summed E-state index contributed by atoms with van der Waals surface area (Å²) in [6.07, 6.45) is 9.35. The molecule has 3 aliphatic rings. The third-order valence-electron chi connectivity index (χ3n) is 7.08. The summed E-state index contributed by atoms with van der Waals surface area (Å²) in [6, 6.07) is 0.458. The first-order valence-corrected chi connectivity index (χ1v) is 10.7. The van der Waals surface area contributed by atoms with Crippen molar-refractivity contribution in [2.45, 2.75) is 75.3 Å². The number of nitrogens with zero attached hydrogens (tertiary/aromatic N) is 6. The van der Waals surface area contributed by atoms with Crippen molar-refractivity contribution in [1.29, 1.82) is 0 Å². The highest BCUT2D eigenvalue weighted by Crippen LogP contribution is 2.41. The summed E-state index contributed by atoms with van der Waals surface area (Å²) in [5.41, 5.74) is 2.07. The molecule has 0 bridgehead atoms. The maximum atomic E-state index is 5.82. The number of methoxy groups -OCH3 is 1. The van der Waals surface area contributed by atoms with E-state index in [4.69, 9.17) is 14.2 Å². The maximum absolute atomic E-state index is 5.82. The van der Waals surface area contributed by atoms with E-state index in [0.29, 0.717) is 6.04 Å². The van der Waals surface area contributed by atoms with Gasteiger partial charge in [-0.3, -0.25) is 0 Å². The fraction of sp³-hybridized carbons (Fsp3) is 0.800. The van der Waals surface area contributed by atoms with E-state index in [9.17, 15) is 0 Å². The molecule has 8 heteroatoms. The second kappa shape index (κ2) is 7.22. The Labute approximate surface area is 165 Å². The normalized spacial score (nSPS) is 25.9. The molecule has 1 saturated heterocycles.